The SMILES string of the molecule is CN=C(NCCNC(C)(C)C)N1CCC(C)CC1. The van der Waals surface area contributed by atoms with Crippen LogP contribution in [0, 0.1) is 5.92 Å². The molecule has 0 aliphatic carbocycles. The number of nitrogens with one attached hydrogen (secondary N) is 2. The molecule has 1 saturated heterocycles. The van der Waals surface area contributed by atoms with E-state index in [4.69, 9.17) is 0 Å². The fourth-order valence-electron chi connectivity index (χ4n) is 2.16. The maximum atomic E-state index is 4.37. The summed E-state index contributed by atoms with van der Waals surface area (Å²) in [4.78, 5) is 6.75. The van der Waals surface area contributed by atoms with Crippen molar-refractivity contribution in [1.29, 1.82) is 0 Å². The summed E-state index contributed by atoms with van der Waals surface area (Å²) in [5.41, 5.74) is 0.186. The van der Waals surface area contributed by atoms with E-state index in [0.29, 0.717) is 0 Å². The minimum Gasteiger partial charge on any atom is -0.355 e. The van der Waals surface area contributed by atoms with Crippen molar-refractivity contribution in [2.24, 2.45) is 10.9 Å². The van der Waals surface area contributed by atoms with Gasteiger partial charge in [0.15, 0.2) is 5.96 Å². The lowest BCUT2D eigenvalue weighted by molar-refractivity contribution is 0.273. The fraction of sp³-hybridized carbons (Fsp3) is 0.929. The molecule has 18 heavy (non-hydrogen) atoms. The standard InChI is InChI=1S/C14H30N4/c1-12-6-10-18(11-7-12)13(15-5)16-8-9-17-14(2,3)4/h12,17H,6-11H2,1-5H3,(H,15,16). The number of hydrogen-bond donors (Lipinski definition) is 2. The molecule has 0 aromatic carbocycles. The molecular weight excluding hydrogens is 224 g/mol. The van der Waals surface area contributed by atoms with E-state index < -0.39 is 0 Å². The topological polar surface area (TPSA) is 39.7 Å². The average Bonchev–Trinajstić information content (AvgIpc) is 2.29. The van der Waals surface area contributed by atoms with Crippen LogP contribution in [0.3, 0.4) is 0 Å². The number of hydrogen-bond acceptors (Lipinski definition) is 2. The summed E-state index contributed by atoms with van der Waals surface area (Å²) in [5.74, 6) is 1.92. The fourth-order valence-corrected chi connectivity index (χ4v) is 2.16. The normalized spacial score (nSPS) is 19.2. The first-order valence-corrected chi connectivity index (χ1v) is 7.13. The Morgan fingerprint density at radius 2 is 1.83 bits per heavy atom. The zero-order valence-electron chi connectivity index (χ0n) is 12.7. The first kappa shape index (κ1) is 15.3. The molecule has 4 heteroatoms. The van der Waals surface area contributed by atoms with Crippen LogP contribution in [0.4, 0.5) is 0 Å². The number of likely N-dealkylation sites (tertiary alicyclic amines) is 1. The lowest BCUT2D eigenvalue weighted by Crippen LogP contribution is -2.48. The zero-order valence-corrected chi connectivity index (χ0v) is 12.7. The van der Waals surface area contributed by atoms with Crippen LogP contribution in [0.1, 0.15) is 40.5 Å². The third kappa shape index (κ3) is 5.71. The van der Waals surface area contributed by atoms with Crippen LogP contribution < -0.4 is 10.6 Å². The molecule has 106 valence electrons. The molecule has 4 nitrogen and oxygen atoms in total. The van der Waals surface area contributed by atoms with Crippen LogP contribution >= 0.6 is 0 Å². The van der Waals surface area contributed by atoms with Crippen molar-refractivity contribution in [3.05, 3.63) is 0 Å². The van der Waals surface area contributed by atoms with Crippen molar-refractivity contribution in [3.63, 3.8) is 0 Å². The highest BCUT2D eigenvalue weighted by atomic mass is 15.3. The van der Waals surface area contributed by atoms with Crippen LogP contribution in [0.5, 0.6) is 0 Å². The van der Waals surface area contributed by atoms with E-state index in [1.165, 1.54) is 12.8 Å². The summed E-state index contributed by atoms with van der Waals surface area (Å²) in [5, 5.41) is 6.92. The molecule has 0 aromatic rings. The van der Waals surface area contributed by atoms with Gasteiger partial charge in [-0.1, -0.05) is 6.92 Å². The number of aliphatic imine (C=N–C) groups is 1. The Labute approximate surface area is 112 Å². The maximum absolute atomic E-state index is 4.37. The van der Waals surface area contributed by atoms with Crippen LogP contribution in [0.15, 0.2) is 4.99 Å². The predicted molar refractivity (Wildman–Crippen MR) is 79.1 cm³/mol. The van der Waals surface area contributed by atoms with E-state index in [1.54, 1.807) is 0 Å². The van der Waals surface area contributed by atoms with Gasteiger partial charge in [0.2, 0.25) is 0 Å². The van der Waals surface area contributed by atoms with E-state index in [2.05, 4.69) is 48.2 Å². The quantitative estimate of drug-likeness (QED) is 0.457. The van der Waals surface area contributed by atoms with Crippen molar-refractivity contribution >= 4 is 5.96 Å². The van der Waals surface area contributed by atoms with Crippen molar-refractivity contribution in [3.8, 4) is 0 Å². The molecular formula is C14H30N4. The molecule has 0 unspecified atom stereocenters. The molecule has 0 radical (unpaired) electrons. The van der Waals surface area contributed by atoms with Crippen LogP contribution in [-0.4, -0.2) is 49.6 Å². The molecule has 1 aliphatic heterocycles. The lowest BCUT2D eigenvalue weighted by atomic mass is 10.00. The molecule has 0 bridgehead atoms. The maximum Gasteiger partial charge on any atom is 0.193 e. The first-order chi connectivity index (χ1) is 8.42. The summed E-state index contributed by atoms with van der Waals surface area (Å²) < 4.78 is 0. The molecule has 0 atom stereocenters. The minimum absolute atomic E-state index is 0.186. The van der Waals surface area contributed by atoms with E-state index in [9.17, 15) is 0 Å². The molecule has 2 N–H and O–H groups in total. The molecule has 1 rings (SSSR count). The molecule has 0 spiro atoms. The minimum atomic E-state index is 0.186. The summed E-state index contributed by atoms with van der Waals surface area (Å²) in [7, 11) is 1.87. The van der Waals surface area contributed by atoms with Crippen LogP contribution in [0.25, 0.3) is 0 Å². The number of piperidine rings is 1. The van der Waals surface area contributed by atoms with E-state index in [0.717, 1.165) is 38.1 Å². The Kier molecular flexibility index (Phi) is 5.93. The average molecular weight is 254 g/mol. The van der Waals surface area contributed by atoms with Gasteiger partial charge in [0.25, 0.3) is 0 Å². The van der Waals surface area contributed by atoms with Gasteiger partial charge in [-0.2, -0.15) is 0 Å². The Hall–Kier alpha value is -0.770. The Balaban J connectivity index is 2.26. The smallest absolute Gasteiger partial charge is 0.193 e. The van der Waals surface area contributed by atoms with E-state index >= 15 is 0 Å². The third-order valence-corrected chi connectivity index (χ3v) is 3.36. The molecule has 0 amide bonds. The second-order valence-corrected chi connectivity index (χ2v) is 6.32. The van der Waals surface area contributed by atoms with Crippen LogP contribution in [0.2, 0.25) is 0 Å². The molecule has 1 fully saturated rings. The van der Waals surface area contributed by atoms with Gasteiger partial charge in [-0.3, -0.25) is 4.99 Å². The Morgan fingerprint density at radius 1 is 1.22 bits per heavy atom. The highest BCUT2D eigenvalue weighted by Crippen LogP contribution is 2.15. The second kappa shape index (κ2) is 6.98. The van der Waals surface area contributed by atoms with Gasteiger partial charge < -0.3 is 15.5 Å². The largest absolute Gasteiger partial charge is 0.355 e. The summed E-state index contributed by atoms with van der Waals surface area (Å²) in [6, 6.07) is 0. The first-order valence-electron chi connectivity index (χ1n) is 7.13. The predicted octanol–water partition coefficient (Wildman–Crippen LogP) is 1.68. The van der Waals surface area contributed by atoms with Gasteiger partial charge >= 0.3 is 0 Å². The molecule has 1 heterocycles. The molecule has 0 aromatic heterocycles. The summed E-state index contributed by atoms with van der Waals surface area (Å²) >= 11 is 0. The molecule has 1 aliphatic rings. The highest BCUT2D eigenvalue weighted by molar-refractivity contribution is 5.79. The number of nitrogens with zero attached hydrogens (tertiary/aromatic N) is 2. The van der Waals surface area contributed by atoms with E-state index in [1.807, 2.05) is 7.05 Å². The van der Waals surface area contributed by atoms with Gasteiger partial charge in [0.05, 0.1) is 0 Å². The Morgan fingerprint density at radius 3 is 2.33 bits per heavy atom. The summed E-state index contributed by atoms with van der Waals surface area (Å²) in [6.45, 7) is 13.1. The van der Waals surface area contributed by atoms with Crippen molar-refractivity contribution in [1.82, 2.24) is 15.5 Å². The van der Waals surface area contributed by atoms with Gasteiger partial charge in [-0.25, -0.2) is 0 Å². The van der Waals surface area contributed by atoms with Crippen molar-refractivity contribution in [2.45, 2.75) is 46.1 Å². The van der Waals surface area contributed by atoms with Crippen LogP contribution in [-0.2, 0) is 0 Å². The molecule has 0 saturated carbocycles. The van der Waals surface area contributed by atoms with Gasteiger partial charge in [-0.05, 0) is 39.5 Å². The zero-order chi connectivity index (χ0) is 13.6. The summed E-state index contributed by atoms with van der Waals surface area (Å²) in [6.07, 6.45) is 2.56. The van der Waals surface area contributed by atoms with Crippen molar-refractivity contribution < 1.29 is 0 Å². The number of guanidine groups is 1. The lowest BCUT2D eigenvalue weighted by Gasteiger charge is -2.33. The van der Waals surface area contributed by atoms with E-state index in [-0.39, 0.29) is 5.54 Å². The highest BCUT2D eigenvalue weighted by Gasteiger charge is 2.18. The van der Waals surface area contributed by atoms with Gasteiger partial charge in [0, 0.05) is 38.8 Å². The van der Waals surface area contributed by atoms with Gasteiger partial charge in [0.1, 0.15) is 0 Å². The second-order valence-electron chi connectivity index (χ2n) is 6.32. The van der Waals surface area contributed by atoms with Crippen molar-refractivity contribution in [2.75, 3.05) is 33.2 Å². The van der Waals surface area contributed by atoms with Gasteiger partial charge in [-0.15, -0.1) is 0 Å². The number of rotatable bonds is 3. The monoisotopic (exact) mass is 254 g/mol. The third-order valence-electron chi connectivity index (χ3n) is 3.36. The Bertz CT molecular complexity index is 259.